The second kappa shape index (κ2) is 11.8. The van der Waals surface area contributed by atoms with E-state index in [2.05, 4.69) is 78.6 Å². The molecule has 0 amide bonds. The monoisotopic (exact) mass is 584 g/mol. The van der Waals surface area contributed by atoms with Crippen molar-refractivity contribution in [1.82, 2.24) is 9.88 Å². The minimum atomic E-state index is -2.74. The second-order valence-electron chi connectivity index (χ2n) is 11.1. The summed E-state index contributed by atoms with van der Waals surface area (Å²) in [6.45, 7) is 0. The summed E-state index contributed by atoms with van der Waals surface area (Å²) in [7, 11) is 4.38. The summed E-state index contributed by atoms with van der Waals surface area (Å²) < 4.78 is 13.2. The van der Waals surface area contributed by atoms with Crippen LogP contribution in [0.5, 0.6) is 0 Å². The summed E-state index contributed by atoms with van der Waals surface area (Å²) in [6, 6.07) is 19.4. The molecule has 1 aromatic heterocycles. The Labute approximate surface area is 241 Å². The number of carboxylic acid groups (broad SMARTS) is 3. The minimum Gasteiger partial charge on any atom is -0.616 e. The average Bonchev–Trinajstić information content (AvgIpc) is 3.31. The van der Waals surface area contributed by atoms with Gasteiger partial charge in [-0.3, -0.25) is 14.5 Å². The van der Waals surface area contributed by atoms with E-state index in [4.69, 9.17) is 20.4 Å². The largest absolute Gasteiger partial charge is 0.616 e. The quantitative estimate of drug-likeness (QED) is 0.261. The van der Waals surface area contributed by atoms with Crippen LogP contribution in [-0.2, 0) is 42.3 Å². The van der Waals surface area contributed by atoms with Gasteiger partial charge in [0, 0.05) is 35.7 Å². The molecule has 0 bridgehead atoms. The van der Waals surface area contributed by atoms with Gasteiger partial charge in [0.15, 0.2) is 10.3 Å². The third-order valence-electron chi connectivity index (χ3n) is 8.58. The number of nitrogens with one attached hydrogen (secondary N) is 1. The number of H-pyrrole nitrogens is 1. The van der Waals surface area contributed by atoms with Crippen molar-refractivity contribution in [3.8, 4) is 0 Å². The van der Waals surface area contributed by atoms with Crippen molar-refractivity contribution in [3.63, 3.8) is 0 Å². The van der Waals surface area contributed by atoms with E-state index in [9.17, 15) is 18.9 Å². The Hall–Kier alpha value is -3.38. The van der Waals surface area contributed by atoms with Crippen LogP contribution < -0.4 is 0 Å². The lowest BCUT2D eigenvalue weighted by molar-refractivity contribution is -0.170. The minimum absolute atomic E-state index is 0.0281. The molecule has 5 N–H and O–H groups in total. The highest BCUT2D eigenvalue weighted by molar-refractivity contribution is 7.92. The Morgan fingerprint density at radius 1 is 0.927 bits per heavy atom. The number of benzene rings is 2. The number of nitrogens with zero attached hydrogens (tertiary/aromatic N) is 1. The van der Waals surface area contributed by atoms with Crippen molar-refractivity contribution in [3.05, 3.63) is 71.4 Å². The van der Waals surface area contributed by atoms with Gasteiger partial charge in [-0.1, -0.05) is 48.5 Å². The highest BCUT2D eigenvalue weighted by Crippen LogP contribution is 2.54. The van der Waals surface area contributed by atoms with E-state index in [0.717, 1.165) is 37.9 Å². The Balaban J connectivity index is 0.000000254. The van der Waals surface area contributed by atoms with E-state index in [1.165, 1.54) is 27.7 Å². The number of aliphatic hydroxyl groups is 1. The summed E-state index contributed by atoms with van der Waals surface area (Å²) in [5, 5.41) is 35.1. The molecule has 5 rings (SSSR count). The Bertz CT molecular complexity index is 1400. The predicted octanol–water partition coefficient (Wildman–Crippen LogP) is 3.45. The Morgan fingerprint density at radius 2 is 1.49 bits per heavy atom. The van der Waals surface area contributed by atoms with E-state index in [0.29, 0.717) is 0 Å². The molecule has 0 radical (unpaired) electrons. The molecule has 1 aliphatic carbocycles. The molecule has 220 valence electrons. The van der Waals surface area contributed by atoms with Gasteiger partial charge in [0.1, 0.15) is 5.75 Å². The molecule has 2 heterocycles. The van der Waals surface area contributed by atoms with Crippen molar-refractivity contribution >= 4 is 40.0 Å². The molecule has 1 aliphatic heterocycles. The molecule has 0 saturated heterocycles. The van der Waals surface area contributed by atoms with Crippen LogP contribution in [0.3, 0.4) is 0 Å². The van der Waals surface area contributed by atoms with Gasteiger partial charge in [0.05, 0.1) is 18.5 Å². The van der Waals surface area contributed by atoms with Gasteiger partial charge in [-0.05, 0) is 55.3 Å². The number of carbonyl (C=O) groups is 3. The molecule has 10 nitrogen and oxygen atoms in total. The van der Waals surface area contributed by atoms with Crippen LogP contribution in [0.15, 0.2) is 54.6 Å². The number of carboxylic acids is 3. The lowest BCUT2D eigenvalue weighted by atomic mass is 9.70. The summed E-state index contributed by atoms with van der Waals surface area (Å²) in [5.41, 5.74) is 2.54. The van der Waals surface area contributed by atoms with E-state index in [-0.39, 0.29) is 10.3 Å². The van der Waals surface area contributed by atoms with Crippen molar-refractivity contribution < 1.29 is 39.4 Å². The first-order valence-electron chi connectivity index (χ1n) is 13.5. The van der Waals surface area contributed by atoms with E-state index in [1.807, 2.05) is 0 Å². The highest BCUT2D eigenvalue weighted by atomic mass is 32.2. The molecular weight excluding hydrogens is 548 g/mol. The number of fused-ring (bicyclic) bond motifs is 4. The molecule has 3 aromatic rings. The molecule has 1 saturated carbocycles. The van der Waals surface area contributed by atoms with Crippen LogP contribution in [0.25, 0.3) is 10.9 Å². The first-order valence-corrected chi connectivity index (χ1v) is 14.8. The van der Waals surface area contributed by atoms with Crippen LogP contribution >= 0.6 is 0 Å². The number of aryl methyl sites for hydroxylation is 1. The lowest BCUT2D eigenvalue weighted by Crippen LogP contribution is -2.52. The van der Waals surface area contributed by atoms with Crippen LogP contribution in [0.1, 0.15) is 55.3 Å². The number of aliphatic carboxylic acids is 3. The third kappa shape index (κ3) is 5.85. The summed E-state index contributed by atoms with van der Waals surface area (Å²) in [6.07, 6.45) is 2.63. The standard InChI is InChI=1S/C24H28N2OS.C6H8O7/c1-26(2)23(18-8-4-3-5-9-18)13-15-24(16-14-23)22-20(12-17-28(24)27)19-10-6-7-11-21(19)25-22;7-3(8)1-6(13,5(11)12)2-4(9)10/h3-11,25H,12-17H2,1-2H3;13H,1-2H2,(H,7,8)(H,9,10)(H,11,12). The van der Waals surface area contributed by atoms with Gasteiger partial charge in [0.25, 0.3) is 0 Å². The van der Waals surface area contributed by atoms with Gasteiger partial charge >= 0.3 is 17.9 Å². The van der Waals surface area contributed by atoms with Crippen molar-refractivity contribution in [2.45, 2.75) is 60.8 Å². The maximum Gasteiger partial charge on any atom is 0.336 e. The summed E-state index contributed by atoms with van der Waals surface area (Å²) >= 11 is -0.826. The molecule has 1 atom stereocenters. The molecule has 2 aromatic carbocycles. The summed E-state index contributed by atoms with van der Waals surface area (Å²) in [5.74, 6) is -4.23. The number of rotatable bonds is 7. The zero-order valence-corrected chi connectivity index (χ0v) is 23.9. The average molecular weight is 585 g/mol. The molecule has 41 heavy (non-hydrogen) atoms. The molecule has 2 aliphatic rings. The lowest BCUT2D eigenvalue weighted by Gasteiger charge is -2.50. The molecule has 1 unspecified atom stereocenters. The zero-order chi connectivity index (χ0) is 30.0. The van der Waals surface area contributed by atoms with E-state index < -0.39 is 47.5 Å². The third-order valence-corrected chi connectivity index (χ3v) is 10.6. The van der Waals surface area contributed by atoms with Crippen molar-refractivity contribution in [2.75, 3.05) is 19.8 Å². The van der Waals surface area contributed by atoms with Crippen LogP contribution in [0.2, 0.25) is 0 Å². The van der Waals surface area contributed by atoms with E-state index >= 15 is 0 Å². The summed E-state index contributed by atoms with van der Waals surface area (Å²) in [4.78, 5) is 36.6. The van der Waals surface area contributed by atoms with Crippen LogP contribution in [0.4, 0.5) is 0 Å². The van der Waals surface area contributed by atoms with Crippen molar-refractivity contribution in [1.29, 1.82) is 0 Å². The second-order valence-corrected chi connectivity index (χ2v) is 13.0. The fourth-order valence-corrected chi connectivity index (χ4v) is 8.20. The van der Waals surface area contributed by atoms with Gasteiger partial charge in [-0.25, -0.2) is 4.79 Å². The fraction of sp³-hybridized carbons (Fsp3) is 0.433. The topological polar surface area (TPSA) is 174 Å². The highest BCUT2D eigenvalue weighted by Gasteiger charge is 2.55. The SMILES string of the molecule is CN(C)C1(c2ccccc2)CCC2(CC1)c1[nH]c3ccccc3c1CC[S+]2[O-].O=C(O)CC(O)(CC(=O)O)C(=O)O. The number of hydrogen-bond acceptors (Lipinski definition) is 6. The van der Waals surface area contributed by atoms with Crippen LogP contribution in [-0.4, -0.2) is 78.2 Å². The van der Waals surface area contributed by atoms with E-state index in [1.54, 1.807) is 0 Å². The normalized spacial score (nSPS) is 24.0. The van der Waals surface area contributed by atoms with Crippen LogP contribution in [0, 0.1) is 0 Å². The van der Waals surface area contributed by atoms with Crippen molar-refractivity contribution in [2.24, 2.45) is 0 Å². The molecular formula is C30H36N2O8S. The van der Waals surface area contributed by atoms with Gasteiger partial charge < -0.3 is 30.0 Å². The number of hydrogen-bond donors (Lipinski definition) is 5. The molecule has 11 heteroatoms. The first-order chi connectivity index (χ1) is 19.3. The molecule has 1 spiro atoms. The predicted molar refractivity (Wildman–Crippen MR) is 154 cm³/mol. The first kappa shape index (κ1) is 30.6. The van der Waals surface area contributed by atoms with Gasteiger partial charge in [-0.2, -0.15) is 0 Å². The number of aromatic nitrogens is 1. The zero-order valence-electron chi connectivity index (χ0n) is 23.1. The Kier molecular flexibility index (Phi) is 8.84. The maximum absolute atomic E-state index is 13.4. The van der Waals surface area contributed by atoms with Gasteiger partial charge in [0.2, 0.25) is 0 Å². The maximum atomic E-state index is 13.4. The fourth-order valence-electron chi connectivity index (χ4n) is 6.35. The number of aromatic amines is 1. The van der Waals surface area contributed by atoms with Gasteiger partial charge in [-0.15, -0.1) is 0 Å². The smallest absolute Gasteiger partial charge is 0.336 e. The molecule has 1 fully saturated rings. The Morgan fingerprint density at radius 3 is 2.02 bits per heavy atom. The number of para-hydroxylation sites is 1.